The molecular formula is C24H32N2. The van der Waals surface area contributed by atoms with E-state index in [1.807, 2.05) is 12.3 Å². The Labute approximate surface area is 159 Å². The van der Waals surface area contributed by atoms with Gasteiger partial charge in [0, 0.05) is 24.5 Å². The molecule has 0 radical (unpaired) electrons. The Morgan fingerprint density at radius 3 is 2.58 bits per heavy atom. The molecule has 1 heterocycles. The summed E-state index contributed by atoms with van der Waals surface area (Å²) in [5.74, 6) is 0. The number of nitrogens with zero attached hydrogens (tertiary/aromatic N) is 1. The highest BCUT2D eigenvalue weighted by atomic mass is 14.9. The van der Waals surface area contributed by atoms with Crippen LogP contribution in [-0.2, 0) is 0 Å². The number of aliphatic imine (C=N–C) groups is 1. The second-order valence-electron chi connectivity index (χ2n) is 7.29. The highest BCUT2D eigenvalue weighted by Gasteiger charge is 2.06. The number of hydrogen-bond acceptors (Lipinski definition) is 2. The minimum Gasteiger partial charge on any atom is -0.310 e. The molecule has 0 bridgehead atoms. The van der Waals surface area contributed by atoms with Gasteiger partial charge in [0.15, 0.2) is 0 Å². The molecule has 2 rings (SSSR count). The molecule has 0 aromatic heterocycles. The molecule has 138 valence electrons. The van der Waals surface area contributed by atoms with Crippen molar-refractivity contribution in [3.63, 3.8) is 0 Å². The van der Waals surface area contributed by atoms with Crippen LogP contribution >= 0.6 is 0 Å². The number of nitrogens with one attached hydrogen (secondary N) is 1. The first-order chi connectivity index (χ1) is 12.5. The van der Waals surface area contributed by atoms with Gasteiger partial charge in [-0.25, -0.2) is 0 Å². The second-order valence-corrected chi connectivity index (χ2v) is 7.29. The van der Waals surface area contributed by atoms with Crippen molar-refractivity contribution in [3.8, 4) is 0 Å². The van der Waals surface area contributed by atoms with E-state index in [0.29, 0.717) is 6.04 Å². The van der Waals surface area contributed by atoms with Crippen LogP contribution in [0, 0.1) is 6.92 Å². The van der Waals surface area contributed by atoms with Crippen molar-refractivity contribution in [1.82, 2.24) is 5.32 Å². The van der Waals surface area contributed by atoms with Gasteiger partial charge in [0.05, 0.1) is 0 Å². The topological polar surface area (TPSA) is 24.4 Å². The zero-order valence-electron chi connectivity index (χ0n) is 16.7. The van der Waals surface area contributed by atoms with E-state index in [-0.39, 0.29) is 0 Å². The Morgan fingerprint density at radius 2 is 1.96 bits per heavy atom. The Hall–Kier alpha value is -2.19. The third-order valence-electron chi connectivity index (χ3n) is 4.73. The van der Waals surface area contributed by atoms with Crippen LogP contribution in [0.25, 0.3) is 5.57 Å². The van der Waals surface area contributed by atoms with Crippen LogP contribution in [0.4, 0.5) is 0 Å². The van der Waals surface area contributed by atoms with E-state index in [0.717, 1.165) is 25.8 Å². The summed E-state index contributed by atoms with van der Waals surface area (Å²) in [5, 5.41) is 3.60. The summed E-state index contributed by atoms with van der Waals surface area (Å²) < 4.78 is 0. The SMILES string of the molecule is C=C/C(=C\C(C)=C/CC(C)NCC1=CN=C(C)CC1)c1ccc(C)cc1. The molecule has 0 fully saturated rings. The number of hydrogen-bond donors (Lipinski definition) is 1. The molecule has 1 aromatic carbocycles. The highest BCUT2D eigenvalue weighted by molar-refractivity contribution is 5.83. The van der Waals surface area contributed by atoms with Gasteiger partial charge >= 0.3 is 0 Å². The Morgan fingerprint density at radius 1 is 1.23 bits per heavy atom. The van der Waals surface area contributed by atoms with Crippen molar-refractivity contribution >= 4 is 11.3 Å². The predicted octanol–water partition coefficient (Wildman–Crippen LogP) is 6.02. The monoisotopic (exact) mass is 348 g/mol. The van der Waals surface area contributed by atoms with Gasteiger partial charge in [-0.15, -0.1) is 0 Å². The lowest BCUT2D eigenvalue weighted by atomic mass is 10.0. The smallest absolute Gasteiger partial charge is 0.0272 e. The van der Waals surface area contributed by atoms with Crippen molar-refractivity contribution in [1.29, 1.82) is 0 Å². The third-order valence-corrected chi connectivity index (χ3v) is 4.73. The van der Waals surface area contributed by atoms with Crippen molar-refractivity contribution in [2.45, 2.75) is 53.0 Å². The van der Waals surface area contributed by atoms with E-state index < -0.39 is 0 Å². The van der Waals surface area contributed by atoms with Crippen molar-refractivity contribution in [2.24, 2.45) is 4.99 Å². The minimum absolute atomic E-state index is 0.442. The Kier molecular flexibility index (Phi) is 7.80. The maximum Gasteiger partial charge on any atom is 0.0272 e. The number of allylic oxidation sites excluding steroid dienone is 4. The Balaban J connectivity index is 1.89. The lowest BCUT2D eigenvalue weighted by molar-refractivity contribution is 0.573. The van der Waals surface area contributed by atoms with Gasteiger partial charge in [0.25, 0.3) is 0 Å². The number of aryl methyl sites for hydroxylation is 1. The highest BCUT2D eigenvalue weighted by Crippen LogP contribution is 2.19. The van der Waals surface area contributed by atoms with Gasteiger partial charge in [-0.3, -0.25) is 4.99 Å². The molecule has 0 spiro atoms. The van der Waals surface area contributed by atoms with Gasteiger partial charge in [-0.1, -0.05) is 60.2 Å². The Bertz CT molecular complexity index is 730. The average Bonchev–Trinajstić information content (AvgIpc) is 2.65. The van der Waals surface area contributed by atoms with Gasteiger partial charge in [-0.05, 0) is 63.7 Å². The van der Waals surface area contributed by atoms with E-state index in [1.165, 1.54) is 33.6 Å². The zero-order valence-corrected chi connectivity index (χ0v) is 16.7. The fourth-order valence-corrected chi connectivity index (χ4v) is 2.87. The van der Waals surface area contributed by atoms with Crippen LogP contribution in [0.3, 0.4) is 0 Å². The average molecular weight is 349 g/mol. The summed E-state index contributed by atoms with van der Waals surface area (Å²) in [5.41, 5.74) is 7.56. The second kappa shape index (κ2) is 10.1. The molecule has 1 atom stereocenters. The quantitative estimate of drug-likeness (QED) is 0.571. The first kappa shape index (κ1) is 20.1. The predicted molar refractivity (Wildman–Crippen MR) is 116 cm³/mol. The normalized spacial score (nSPS) is 16.8. The molecule has 26 heavy (non-hydrogen) atoms. The molecule has 1 unspecified atom stereocenters. The van der Waals surface area contributed by atoms with Gasteiger partial charge in [0.2, 0.25) is 0 Å². The standard InChI is InChI=1S/C24H32N2/c1-6-23(24-13-8-18(2)9-14-24)15-19(3)7-10-20(4)25-16-22-12-11-21(5)26-17-22/h6-9,13-15,17,20,25H,1,10-12,16H2,2-5H3/b19-7-,23-15+. The van der Waals surface area contributed by atoms with Crippen molar-refractivity contribution in [3.05, 3.63) is 77.5 Å². The molecule has 0 amide bonds. The minimum atomic E-state index is 0.442. The molecule has 0 saturated carbocycles. The molecular weight excluding hydrogens is 316 g/mol. The summed E-state index contributed by atoms with van der Waals surface area (Å²) in [6.07, 6.45) is 11.7. The first-order valence-corrected chi connectivity index (χ1v) is 9.50. The fourth-order valence-electron chi connectivity index (χ4n) is 2.87. The molecule has 1 aliphatic heterocycles. The van der Waals surface area contributed by atoms with Crippen LogP contribution in [0.1, 0.15) is 51.2 Å². The largest absolute Gasteiger partial charge is 0.310 e. The third kappa shape index (κ3) is 6.61. The van der Waals surface area contributed by atoms with Gasteiger partial charge in [-0.2, -0.15) is 0 Å². The molecule has 1 aromatic rings. The maximum atomic E-state index is 4.43. The summed E-state index contributed by atoms with van der Waals surface area (Å²) >= 11 is 0. The summed E-state index contributed by atoms with van der Waals surface area (Å²) in [6.45, 7) is 13.5. The summed E-state index contributed by atoms with van der Waals surface area (Å²) in [6, 6.07) is 9.04. The molecule has 1 aliphatic rings. The van der Waals surface area contributed by atoms with Crippen molar-refractivity contribution < 1.29 is 0 Å². The lowest BCUT2D eigenvalue weighted by Crippen LogP contribution is -2.28. The lowest BCUT2D eigenvalue weighted by Gasteiger charge is -2.16. The number of benzene rings is 1. The molecule has 2 heteroatoms. The number of rotatable bonds is 8. The molecule has 0 saturated heterocycles. The van der Waals surface area contributed by atoms with Gasteiger partial charge in [0.1, 0.15) is 0 Å². The summed E-state index contributed by atoms with van der Waals surface area (Å²) in [7, 11) is 0. The van der Waals surface area contributed by atoms with Crippen LogP contribution in [0.15, 0.2) is 71.4 Å². The summed E-state index contributed by atoms with van der Waals surface area (Å²) in [4.78, 5) is 4.43. The van der Waals surface area contributed by atoms with Crippen molar-refractivity contribution in [2.75, 3.05) is 6.54 Å². The van der Waals surface area contributed by atoms with Crippen LogP contribution in [0.5, 0.6) is 0 Å². The van der Waals surface area contributed by atoms with Crippen LogP contribution < -0.4 is 5.32 Å². The zero-order chi connectivity index (χ0) is 18.9. The molecule has 2 nitrogen and oxygen atoms in total. The molecule has 1 N–H and O–H groups in total. The van der Waals surface area contributed by atoms with E-state index >= 15 is 0 Å². The van der Waals surface area contributed by atoms with E-state index in [2.05, 4.69) is 81.0 Å². The maximum absolute atomic E-state index is 4.43. The first-order valence-electron chi connectivity index (χ1n) is 9.50. The van der Waals surface area contributed by atoms with Crippen LogP contribution in [0.2, 0.25) is 0 Å². The van der Waals surface area contributed by atoms with Gasteiger partial charge < -0.3 is 5.32 Å². The fraction of sp³-hybridized carbons (Fsp3) is 0.375. The van der Waals surface area contributed by atoms with E-state index in [1.54, 1.807) is 0 Å². The van der Waals surface area contributed by atoms with E-state index in [9.17, 15) is 0 Å². The molecule has 0 aliphatic carbocycles. The van der Waals surface area contributed by atoms with E-state index in [4.69, 9.17) is 0 Å². The van der Waals surface area contributed by atoms with Crippen LogP contribution in [-0.4, -0.2) is 18.3 Å².